The highest BCUT2D eigenvalue weighted by Gasteiger charge is 2.36. The smallest absolute Gasteiger partial charge is 0.342 e. The molecule has 0 bridgehead atoms. The Morgan fingerprint density at radius 1 is 1.35 bits per heavy atom. The van der Waals surface area contributed by atoms with Crippen molar-refractivity contribution in [2.75, 3.05) is 18.1 Å². The quantitative estimate of drug-likeness (QED) is 0.703. The summed E-state index contributed by atoms with van der Waals surface area (Å²) in [5, 5.41) is 18.9. The number of phenols is 2. The average Bonchev–Trinajstić information content (AvgIpc) is 2.92. The molecule has 1 aliphatic rings. The van der Waals surface area contributed by atoms with Crippen LogP contribution in [-0.2, 0) is 19.4 Å². The molecule has 0 radical (unpaired) electrons. The molecular formula is C17H23NO7S. The fraction of sp³-hybridized carbons (Fsp3) is 0.529. The van der Waals surface area contributed by atoms with Crippen LogP contribution in [0.25, 0.3) is 0 Å². The van der Waals surface area contributed by atoms with Crippen LogP contribution in [0.3, 0.4) is 0 Å². The van der Waals surface area contributed by atoms with E-state index < -0.39 is 40.1 Å². The number of phenolic OH excluding ortho intramolecular Hbond substituents is 2. The van der Waals surface area contributed by atoms with E-state index in [1.807, 2.05) is 13.8 Å². The first-order valence-electron chi connectivity index (χ1n) is 8.35. The van der Waals surface area contributed by atoms with Gasteiger partial charge in [-0.15, -0.1) is 0 Å². The molecule has 9 heteroatoms. The number of rotatable bonds is 6. The third kappa shape index (κ3) is 4.66. The van der Waals surface area contributed by atoms with Crippen LogP contribution in [0.2, 0.25) is 0 Å². The molecule has 1 aromatic carbocycles. The van der Waals surface area contributed by atoms with Gasteiger partial charge in [0, 0.05) is 18.2 Å². The first-order chi connectivity index (χ1) is 12.1. The van der Waals surface area contributed by atoms with Crippen molar-refractivity contribution in [3.05, 3.63) is 23.8 Å². The minimum absolute atomic E-state index is 0.0407. The molecular weight excluding hydrogens is 362 g/mol. The second-order valence-electron chi connectivity index (χ2n) is 6.39. The third-order valence-electron chi connectivity index (χ3n) is 4.48. The molecule has 1 aliphatic heterocycles. The van der Waals surface area contributed by atoms with E-state index in [-0.39, 0.29) is 28.9 Å². The Balaban J connectivity index is 2.06. The van der Waals surface area contributed by atoms with Crippen LogP contribution in [0.4, 0.5) is 0 Å². The molecule has 1 heterocycles. The van der Waals surface area contributed by atoms with Gasteiger partial charge in [-0.2, -0.15) is 0 Å². The molecule has 1 fully saturated rings. The second kappa shape index (κ2) is 7.94. The predicted molar refractivity (Wildman–Crippen MR) is 93.7 cm³/mol. The van der Waals surface area contributed by atoms with E-state index >= 15 is 0 Å². The highest BCUT2D eigenvalue weighted by Crippen LogP contribution is 2.24. The zero-order chi connectivity index (χ0) is 19.5. The highest BCUT2D eigenvalue weighted by molar-refractivity contribution is 7.91. The van der Waals surface area contributed by atoms with Gasteiger partial charge in [0.2, 0.25) is 0 Å². The number of hydrogen-bond acceptors (Lipinski definition) is 7. The molecule has 1 aromatic rings. The monoisotopic (exact) mass is 385 g/mol. The Morgan fingerprint density at radius 3 is 2.58 bits per heavy atom. The third-order valence-corrected chi connectivity index (χ3v) is 6.23. The Labute approximate surface area is 152 Å². The van der Waals surface area contributed by atoms with Crippen LogP contribution in [-0.4, -0.2) is 65.6 Å². The number of benzene rings is 1. The maximum Gasteiger partial charge on any atom is 0.342 e. The van der Waals surface area contributed by atoms with Gasteiger partial charge < -0.3 is 19.8 Å². The van der Waals surface area contributed by atoms with Crippen molar-refractivity contribution < 1.29 is 33.0 Å². The van der Waals surface area contributed by atoms with Crippen LogP contribution < -0.4 is 0 Å². The largest absolute Gasteiger partial charge is 0.508 e. The number of nitrogens with zero attached hydrogens (tertiary/aromatic N) is 1. The minimum Gasteiger partial charge on any atom is -0.508 e. The molecule has 26 heavy (non-hydrogen) atoms. The van der Waals surface area contributed by atoms with E-state index in [1.54, 1.807) is 0 Å². The molecule has 144 valence electrons. The number of esters is 1. The van der Waals surface area contributed by atoms with Crippen molar-refractivity contribution in [1.82, 2.24) is 4.90 Å². The van der Waals surface area contributed by atoms with Gasteiger partial charge in [0.25, 0.3) is 5.91 Å². The van der Waals surface area contributed by atoms with Crippen LogP contribution in [0.1, 0.15) is 37.0 Å². The fourth-order valence-electron chi connectivity index (χ4n) is 2.97. The van der Waals surface area contributed by atoms with Crippen LogP contribution in [0.15, 0.2) is 18.2 Å². The summed E-state index contributed by atoms with van der Waals surface area (Å²) in [6.07, 6.45) is 1.00. The summed E-state index contributed by atoms with van der Waals surface area (Å²) in [5.74, 6) is -2.09. The molecule has 1 amide bonds. The maximum absolute atomic E-state index is 12.6. The van der Waals surface area contributed by atoms with E-state index in [0.717, 1.165) is 6.07 Å². The van der Waals surface area contributed by atoms with Gasteiger partial charge >= 0.3 is 5.97 Å². The summed E-state index contributed by atoms with van der Waals surface area (Å²) in [5.41, 5.74) is -0.172. The summed E-state index contributed by atoms with van der Waals surface area (Å²) in [6, 6.07) is 2.78. The summed E-state index contributed by atoms with van der Waals surface area (Å²) >= 11 is 0. The Morgan fingerprint density at radius 2 is 2.04 bits per heavy atom. The standard InChI is InChI=1S/C17H23NO7S/c1-3-11(2)18(12-6-7-26(23,24)10-12)16(21)9-25-17(22)14-5-4-13(19)8-15(14)20/h4-5,8,11-12,19-20H,3,6-7,9-10H2,1-2H3/t11-,12+/m0/s1. The fourth-order valence-corrected chi connectivity index (χ4v) is 4.68. The number of sulfone groups is 1. The van der Waals surface area contributed by atoms with Gasteiger partial charge in [-0.05, 0) is 31.9 Å². The van der Waals surface area contributed by atoms with Crippen molar-refractivity contribution >= 4 is 21.7 Å². The normalized spacial score (nSPS) is 19.7. The lowest BCUT2D eigenvalue weighted by Crippen LogP contribution is -2.48. The Hall–Kier alpha value is -2.29. The van der Waals surface area contributed by atoms with Gasteiger partial charge in [-0.3, -0.25) is 4.79 Å². The molecule has 1 saturated heterocycles. The molecule has 2 atom stereocenters. The number of aromatic hydroxyl groups is 2. The molecule has 0 spiro atoms. The van der Waals surface area contributed by atoms with Gasteiger partial charge in [0.15, 0.2) is 16.4 Å². The number of carbonyl (C=O) groups is 2. The van der Waals surface area contributed by atoms with Gasteiger partial charge in [0.1, 0.15) is 17.1 Å². The average molecular weight is 385 g/mol. The molecule has 0 saturated carbocycles. The molecule has 8 nitrogen and oxygen atoms in total. The lowest BCUT2D eigenvalue weighted by molar-refractivity contribution is -0.138. The predicted octanol–water partition coefficient (Wildman–Crippen LogP) is 1.07. The van der Waals surface area contributed by atoms with Crippen LogP contribution in [0.5, 0.6) is 11.5 Å². The summed E-state index contributed by atoms with van der Waals surface area (Å²) in [7, 11) is -3.16. The Kier molecular flexibility index (Phi) is 6.12. The van der Waals surface area contributed by atoms with Crippen LogP contribution in [0, 0.1) is 0 Å². The molecule has 0 aromatic heterocycles. The molecule has 0 aliphatic carbocycles. The van der Waals surface area contributed by atoms with Crippen LogP contribution >= 0.6 is 0 Å². The van der Waals surface area contributed by atoms with Crippen molar-refractivity contribution in [1.29, 1.82) is 0 Å². The SMILES string of the molecule is CC[C@H](C)N(C(=O)COC(=O)c1ccc(O)cc1O)[C@@H]1CCS(=O)(=O)C1. The highest BCUT2D eigenvalue weighted by atomic mass is 32.2. The Bertz CT molecular complexity index is 790. The van der Waals surface area contributed by atoms with E-state index in [1.165, 1.54) is 17.0 Å². The molecule has 2 N–H and O–H groups in total. The topological polar surface area (TPSA) is 121 Å². The van der Waals surface area contributed by atoms with Gasteiger partial charge in [0.05, 0.1) is 11.5 Å². The second-order valence-corrected chi connectivity index (χ2v) is 8.62. The summed E-state index contributed by atoms with van der Waals surface area (Å²) in [6.45, 7) is 3.14. The van der Waals surface area contributed by atoms with Crippen molar-refractivity contribution in [2.45, 2.75) is 38.8 Å². The first kappa shape index (κ1) is 20.0. The zero-order valence-corrected chi connectivity index (χ0v) is 15.5. The van der Waals surface area contributed by atoms with Gasteiger partial charge in [-0.25, -0.2) is 13.2 Å². The van der Waals surface area contributed by atoms with E-state index in [0.29, 0.717) is 12.8 Å². The van der Waals surface area contributed by atoms with E-state index in [9.17, 15) is 28.2 Å². The summed E-state index contributed by atoms with van der Waals surface area (Å²) < 4.78 is 28.4. The number of ether oxygens (including phenoxy) is 1. The minimum atomic E-state index is -3.16. The van der Waals surface area contributed by atoms with Crippen molar-refractivity contribution in [3.63, 3.8) is 0 Å². The number of carbonyl (C=O) groups excluding carboxylic acids is 2. The van der Waals surface area contributed by atoms with E-state index in [4.69, 9.17) is 4.74 Å². The first-order valence-corrected chi connectivity index (χ1v) is 10.2. The van der Waals surface area contributed by atoms with Crippen molar-refractivity contribution in [2.24, 2.45) is 0 Å². The van der Waals surface area contributed by atoms with Crippen molar-refractivity contribution in [3.8, 4) is 11.5 Å². The lowest BCUT2D eigenvalue weighted by Gasteiger charge is -2.33. The van der Waals surface area contributed by atoms with Gasteiger partial charge in [-0.1, -0.05) is 6.92 Å². The number of hydrogen-bond donors (Lipinski definition) is 2. The lowest BCUT2D eigenvalue weighted by atomic mass is 10.1. The zero-order valence-electron chi connectivity index (χ0n) is 14.7. The molecule has 2 rings (SSSR count). The molecule has 0 unspecified atom stereocenters. The summed E-state index contributed by atoms with van der Waals surface area (Å²) in [4.78, 5) is 26.1. The van der Waals surface area contributed by atoms with E-state index in [2.05, 4.69) is 0 Å². The maximum atomic E-state index is 12.6. The number of amides is 1.